The van der Waals surface area contributed by atoms with E-state index in [2.05, 4.69) is 24.6 Å². The summed E-state index contributed by atoms with van der Waals surface area (Å²) in [5.41, 5.74) is 1.56. The predicted octanol–water partition coefficient (Wildman–Crippen LogP) is 3.05. The van der Waals surface area contributed by atoms with Gasteiger partial charge in [-0.05, 0) is 18.2 Å². The summed E-state index contributed by atoms with van der Waals surface area (Å²) in [6, 6.07) is 6.19. The van der Waals surface area contributed by atoms with E-state index < -0.39 is 14.0 Å². The monoisotopic (exact) mass is 292 g/mol. The third-order valence-corrected chi connectivity index (χ3v) is 4.80. The third-order valence-electron chi connectivity index (χ3n) is 3.10. The number of aromatic nitrogens is 2. The zero-order chi connectivity index (χ0) is 14.8. The van der Waals surface area contributed by atoms with Crippen molar-refractivity contribution in [2.24, 2.45) is 0 Å². The van der Waals surface area contributed by atoms with Crippen molar-refractivity contribution in [1.82, 2.24) is 9.55 Å². The van der Waals surface area contributed by atoms with Crippen molar-refractivity contribution >= 4 is 25.1 Å². The van der Waals surface area contributed by atoms with Gasteiger partial charge in [-0.25, -0.2) is 9.78 Å². The van der Waals surface area contributed by atoms with Crippen LogP contribution in [0.1, 0.15) is 10.4 Å². The van der Waals surface area contributed by atoms with Crippen LogP contribution in [0.25, 0.3) is 11.0 Å². The fourth-order valence-corrected chi connectivity index (χ4v) is 2.70. The molecule has 108 valence electrons. The average molecular weight is 292 g/mol. The summed E-state index contributed by atoms with van der Waals surface area (Å²) in [4.78, 5) is 15.5. The van der Waals surface area contributed by atoms with Crippen LogP contribution >= 0.6 is 0 Å². The van der Waals surface area contributed by atoms with Crippen LogP contribution in [-0.4, -0.2) is 35.3 Å². The number of fused-ring (bicyclic) bond motifs is 1. The molecule has 0 spiro atoms. The average Bonchev–Trinajstić information content (AvgIpc) is 2.76. The Kier molecular flexibility index (Phi) is 4.25. The number of nitrogens with zero attached hydrogens (tertiary/aromatic N) is 2. The molecule has 5 nitrogen and oxygen atoms in total. The van der Waals surface area contributed by atoms with Gasteiger partial charge in [0, 0.05) is 14.7 Å². The lowest BCUT2D eigenvalue weighted by molar-refractivity contribution is 0.0696. The van der Waals surface area contributed by atoms with E-state index in [1.54, 1.807) is 29.1 Å². The maximum absolute atomic E-state index is 11.3. The number of benzene rings is 1. The van der Waals surface area contributed by atoms with Gasteiger partial charge < -0.3 is 14.4 Å². The van der Waals surface area contributed by atoms with Gasteiger partial charge in [-0.15, -0.1) is 0 Å². The Morgan fingerprint density at radius 2 is 2.15 bits per heavy atom. The number of ether oxygens (including phenoxy) is 1. The molecule has 2 rings (SSSR count). The van der Waals surface area contributed by atoms with Crippen molar-refractivity contribution in [3.63, 3.8) is 0 Å². The molecule has 6 heteroatoms. The fraction of sp³-hybridized carbons (Fsp3) is 0.429. The van der Waals surface area contributed by atoms with Crippen LogP contribution in [0.2, 0.25) is 25.7 Å². The molecule has 0 amide bonds. The summed E-state index contributed by atoms with van der Waals surface area (Å²) in [6.45, 7) is 7.93. The van der Waals surface area contributed by atoms with E-state index in [-0.39, 0.29) is 5.56 Å². The van der Waals surface area contributed by atoms with Gasteiger partial charge in [0.1, 0.15) is 6.73 Å². The molecule has 0 fully saturated rings. The lowest BCUT2D eigenvalue weighted by atomic mass is 10.2. The molecule has 0 saturated carbocycles. The second kappa shape index (κ2) is 5.76. The first kappa shape index (κ1) is 14.7. The number of rotatable bonds is 6. The van der Waals surface area contributed by atoms with E-state index in [9.17, 15) is 9.90 Å². The molecule has 1 heterocycles. The van der Waals surface area contributed by atoms with Gasteiger partial charge >= 0.3 is 5.97 Å². The number of para-hydroxylation sites is 1. The zero-order valence-corrected chi connectivity index (χ0v) is 13.1. The maximum Gasteiger partial charge on any atom is 0.337 e. The maximum atomic E-state index is 11.3. The molecule has 0 aliphatic heterocycles. The Morgan fingerprint density at radius 3 is 2.80 bits per heavy atom. The summed E-state index contributed by atoms with van der Waals surface area (Å²) in [5.74, 6) is -0.945. The van der Waals surface area contributed by atoms with Crippen molar-refractivity contribution in [3.8, 4) is 0 Å². The number of carboxylic acid groups (broad SMARTS) is 1. The molecule has 0 atom stereocenters. The second-order valence-electron chi connectivity index (χ2n) is 6.04. The first-order valence-corrected chi connectivity index (χ1v) is 10.3. The van der Waals surface area contributed by atoms with Crippen molar-refractivity contribution < 1.29 is 14.6 Å². The van der Waals surface area contributed by atoms with E-state index in [0.29, 0.717) is 24.4 Å². The Morgan fingerprint density at radius 1 is 1.40 bits per heavy atom. The minimum atomic E-state index is -1.11. The Balaban J connectivity index is 2.13. The summed E-state index contributed by atoms with van der Waals surface area (Å²) in [5, 5.41) is 9.23. The van der Waals surface area contributed by atoms with E-state index >= 15 is 0 Å². The van der Waals surface area contributed by atoms with Gasteiger partial charge in [0.2, 0.25) is 0 Å². The number of carboxylic acids is 1. The molecule has 0 unspecified atom stereocenters. The summed E-state index contributed by atoms with van der Waals surface area (Å²) >= 11 is 0. The van der Waals surface area contributed by atoms with Crippen LogP contribution in [0.15, 0.2) is 24.5 Å². The molecule has 20 heavy (non-hydrogen) atoms. The standard InChI is InChI=1S/C14H20N2O3Si/c1-20(2,3)8-7-19-10-16-9-15-12-6-4-5-11(13(12)16)14(17)18/h4-6,9H,7-8,10H2,1-3H3,(H,17,18). The molecular weight excluding hydrogens is 272 g/mol. The molecule has 0 saturated heterocycles. The fourth-order valence-electron chi connectivity index (χ4n) is 1.94. The second-order valence-corrected chi connectivity index (χ2v) is 11.7. The van der Waals surface area contributed by atoms with Crippen LogP contribution in [-0.2, 0) is 11.5 Å². The molecule has 0 bridgehead atoms. The SMILES string of the molecule is C[Si](C)(C)CCOCn1cnc2cccc(C(=O)O)c21. The summed E-state index contributed by atoms with van der Waals surface area (Å²) in [6.07, 6.45) is 1.63. The van der Waals surface area contributed by atoms with Crippen molar-refractivity contribution in [3.05, 3.63) is 30.1 Å². The van der Waals surface area contributed by atoms with Crippen molar-refractivity contribution in [1.29, 1.82) is 0 Å². The van der Waals surface area contributed by atoms with Gasteiger partial charge in [0.05, 0.1) is 22.9 Å². The first-order chi connectivity index (χ1) is 9.38. The Labute approximate surface area is 119 Å². The molecular formula is C14H20N2O3Si. The van der Waals surface area contributed by atoms with Crippen LogP contribution in [0.3, 0.4) is 0 Å². The minimum absolute atomic E-state index is 0.258. The van der Waals surface area contributed by atoms with Gasteiger partial charge in [-0.2, -0.15) is 0 Å². The van der Waals surface area contributed by atoms with Gasteiger partial charge in [0.25, 0.3) is 0 Å². The largest absolute Gasteiger partial charge is 0.478 e. The molecule has 1 N–H and O–H groups in total. The van der Waals surface area contributed by atoms with E-state index in [1.807, 2.05) is 0 Å². The highest BCUT2D eigenvalue weighted by molar-refractivity contribution is 6.76. The minimum Gasteiger partial charge on any atom is -0.478 e. The number of carbonyl (C=O) groups is 1. The van der Waals surface area contributed by atoms with Crippen LogP contribution in [0.4, 0.5) is 0 Å². The Hall–Kier alpha value is -1.66. The molecule has 2 aromatic rings. The highest BCUT2D eigenvalue weighted by Crippen LogP contribution is 2.18. The van der Waals surface area contributed by atoms with Gasteiger partial charge in [0.15, 0.2) is 0 Å². The molecule has 0 aliphatic carbocycles. The first-order valence-electron chi connectivity index (χ1n) is 6.63. The molecule has 1 aromatic carbocycles. The normalized spacial score (nSPS) is 11.9. The summed E-state index contributed by atoms with van der Waals surface area (Å²) < 4.78 is 7.41. The topological polar surface area (TPSA) is 64.4 Å². The van der Waals surface area contributed by atoms with Crippen LogP contribution in [0, 0.1) is 0 Å². The smallest absolute Gasteiger partial charge is 0.337 e. The zero-order valence-electron chi connectivity index (χ0n) is 12.1. The van der Waals surface area contributed by atoms with Gasteiger partial charge in [-0.3, -0.25) is 0 Å². The van der Waals surface area contributed by atoms with Gasteiger partial charge in [-0.1, -0.05) is 25.7 Å². The van der Waals surface area contributed by atoms with Crippen molar-refractivity contribution in [2.45, 2.75) is 32.4 Å². The quantitative estimate of drug-likeness (QED) is 0.656. The highest BCUT2D eigenvalue weighted by Gasteiger charge is 2.14. The highest BCUT2D eigenvalue weighted by atomic mass is 28.3. The van der Waals surface area contributed by atoms with E-state index in [1.165, 1.54) is 0 Å². The molecule has 0 radical (unpaired) electrons. The van der Waals surface area contributed by atoms with E-state index in [0.717, 1.165) is 6.04 Å². The van der Waals surface area contributed by atoms with Crippen LogP contribution < -0.4 is 0 Å². The van der Waals surface area contributed by atoms with Crippen LogP contribution in [0.5, 0.6) is 0 Å². The lowest BCUT2D eigenvalue weighted by Crippen LogP contribution is -2.22. The Bertz CT molecular complexity index is 616. The predicted molar refractivity (Wildman–Crippen MR) is 80.8 cm³/mol. The molecule has 0 aliphatic rings. The number of aromatic carboxylic acids is 1. The number of hydrogen-bond donors (Lipinski definition) is 1. The van der Waals surface area contributed by atoms with Crippen molar-refractivity contribution in [2.75, 3.05) is 6.61 Å². The summed E-state index contributed by atoms with van der Waals surface area (Å²) in [7, 11) is -1.11. The van der Waals surface area contributed by atoms with E-state index in [4.69, 9.17) is 4.74 Å². The lowest BCUT2D eigenvalue weighted by Gasteiger charge is -2.15. The number of imidazole rings is 1. The molecule has 1 aromatic heterocycles. The third kappa shape index (κ3) is 3.46. The number of hydrogen-bond acceptors (Lipinski definition) is 3.